The average molecular weight is 365 g/mol. The molecule has 0 unspecified atom stereocenters. The predicted molar refractivity (Wildman–Crippen MR) is 104 cm³/mol. The minimum absolute atomic E-state index is 0.0501. The van der Waals surface area contributed by atoms with E-state index in [2.05, 4.69) is 44.7 Å². The first kappa shape index (κ1) is 19.6. The van der Waals surface area contributed by atoms with Crippen LogP contribution in [0.15, 0.2) is 30.3 Å². The molecule has 0 bridgehead atoms. The highest BCUT2D eigenvalue weighted by atomic mass is 32.1. The van der Waals surface area contributed by atoms with Crippen molar-refractivity contribution in [1.82, 2.24) is 20.4 Å². The predicted octanol–water partition coefficient (Wildman–Crippen LogP) is 0.484. The van der Waals surface area contributed by atoms with Gasteiger partial charge in [0.1, 0.15) is 0 Å². The molecule has 2 rings (SSSR count). The number of nitrogens with zero attached hydrogens (tertiary/aromatic N) is 2. The van der Waals surface area contributed by atoms with Gasteiger partial charge in [-0.05, 0) is 24.2 Å². The quantitative estimate of drug-likeness (QED) is 0.517. The van der Waals surface area contributed by atoms with Crippen LogP contribution in [0.3, 0.4) is 0 Å². The number of carbonyl (C=O) groups is 1. The van der Waals surface area contributed by atoms with Gasteiger partial charge in [0, 0.05) is 46.4 Å². The topological polar surface area (TPSA) is 56.8 Å². The van der Waals surface area contributed by atoms with Crippen LogP contribution < -0.4 is 10.6 Å². The van der Waals surface area contributed by atoms with E-state index in [1.165, 1.54) is 5.56 Å². The summed E-state index contributed by atoms with van der Waals surface area (Å²) in [7, 11) is 1.63. The summed E-state index contributed by atoms with van der Waals surface area (Å²) in [5.41, 5.74) is 1.31. The van der Waals surface area contributed by atoms with Crippen LogP contribution in [-0.4, -0.2) is 80.3 Å². The van der Waals surface area contributed by atoms with Crippen LogP contribution in [0.2, 0.25) is 0 Å². The van der Waals surface area contributed by atoms with E-state index in [1.807, 2.05) is 6.07 Å². The van der Waals surface area contributed by atoms with Gasteiger partial charge in [0.05, 0.1) is 13.2 Å². The van der Waals surface area contributed by atoms with E-state index in [4.69, 9.17) is 17.0 Å². The van der Waals surface area contributed by atoms with Crippen molar-refractivity contribution in [3.05, 3.63) is 35.9 Å². The van der Waals surface area contributed by atoms with Crippen molar-refractivity contribution >= 4 is 23.2 Å². The second-order valence-electron chi connectivity index (χ2n) is 6.07. The summed E-state index contributed by atoms with van der Waals surface area (Å²) in [6.07, 6.45) is 0.961. The van der Waals surface area contributed by atoms with Gasteiger partial charge >= 0.3 is 0 Å². The van der Waals surface area contributed by atoms with Crippen molar-refractivity contribution in [1.29, 1.82) is 0 Å². The van der Waals surface area contributed by atoms with E-state index < -0.39 is 0 Å². The van der Waals surface area contributed by atoms with Gasteiger partial charge in [0.2, 0.25) is 5.91 Å². The first-order chi connectivity index (χ1) is 12.2. The van der Waals surface area contributed by atoms with Crippen molar-refractivity contribution in [3.63, 3.8) is 0 Å². The minimum atomic E-state index is 0.0501. The van der Waals surface area contributed by atoms with Crippen LogP contribution in [0.5, 0.6) is 0 Å². The Morgan fingerprint density at radius 2 is 1.84 bits per heavy atom. The maximum atomic E-state index is 11.8. The van der Waals surface area contributed by atoms with Gasteiger partial charge in [-0.25, -0.2) is 0 Å². The van der Waals surface area contributed by atoms with Gasteiger partial charge < -0.3 is 20.3 Å². The number of piperazine rings is 1. The highest BCUT2D eigenvalue weighted by Gasteiger charge is 2.20. The molecule has 0 aliphatic carbocycles. The third-order valence-electron chi connectivity index (χ3n) is 4.19. The van der Waals surface area contributed by atoms with Gasteiger partial charge in [-0.15, -0.1) is 0 Å². The number of thiocarbonyl (C=S) groups is 1. The minimum Gasteiger partial charge on any atom is -0.383 e. The molecule has 1 aromatic carbocycles. The molecule has 2 N–H and O–H groups in total. The molecule has 0 radical (unpaired) electrons. The number of methoxy groups -OCH3 is 1. The third kappa shape index (κ3) is 7.37. The molecule has 1 fully saturated rings. The van der Waals surface area contributed by atoms with E-state index in [9.17, 15) is 4.79 Å². The van der Waals surface area contributed by atoms with E-state index in [0.717, 1.165) is 44.3 Å². The van der Waals surface area contributed by atoms with Gasteiger partial charge in [-0.2, -0.15) is 0 Å². The van der Waals surface area contributed by atoms with Crippen LogP contribution in [0, 0.1) is 0 Å². The Morgan fingerprint density at radius 3 is 2.52 bits per heavy atom. The lowest BCUT2D eigenvalue weighted by Gasteiger charge is -2.35. The highest BCUT2D eigenvalue weighted by molar-refractivity contribution is 7.80. The van der Waals surface area contributed by atoms with E-state index in [-0.39, 0.29) is 5.91 Å². The maximum Gasteiger partial charge on any atom is 0.234 e. The number of carbonyl (C=O) groups excluding carboxylic acids is 1. The Bertz CT molecular complexity index is 533. The molecule has 1 aliphatic rings. The van der Waals surface area contributed by atoms with E-state index in [0.29, 0.717) is 19.7 Å². The average Bonchev–Trinajstić information content (AvgIpc) is 2.63. The zero-order valence-electron chi connectivity index (χ0n) is 14.9. The molecule has 6 nitrogen and oxygen atoms in total. The van der Waals surface area contributed by atoms with Crippen LogP contribution >= 0.6 is 12.2 Å². The fourth-order valence-corrected chi connectivity index (χ4v) is 3.02. The molecule has 1 aliphatic heterocycles. The normalized spacial score (nSPS) is 15.0. The molecule has 1 heterocycles. The lowest BCUT2D eigenvalue weighted by atomic mass is 10.1. The second kappa shape index (κ2) is 11.0. The van der Waals surface area contributed by atoms with Gasteiger partial charge in [-0.3, -0.25) is 9.69 Å². The fourth-order valence-electron chi connectivity index (χ4n) is 2.73. The van der Waals surface area contributed by atoms with Gasteiger partial charge in [0.15, 0.2) is 5.11 Å². The number of hydrogen-bond acceptors (Lipinski definition) is 4. The largest absolute Gasteiger partial charge is 0.383 e. The van der Waals surface area contributed by atoms with Crippen molar-refractivity contribution in [2.75, 3.05) is 59.5 Å². The Labute approximate surface area is 155 Å². The fraction of sp³-hybridized carbons (Fsp3) is 0.556. The molecular weight excluding hydrogens is 336 g/mol. The third-order valence-corrected chi connectivity index (χ3v) is 4.59. The van der Waals surface area contributed by atoms with Crippen molar-refractivity contribution in [2.45, 2.75) is 6.42 Å². The van der Waals surface area contributed by atoms with Crippen molar-refractivity contribution in [3.8, 4) is 0 Å². The number of nitrogens with one attached hydrogen (secondary N) is 2. The molecule has 0 spiro atoms. The number of ether oxygens (including phenoxy) is 1. The summed E-state index contributed by atoms with van der Waals surface area (Å²) in [6, 6.07) is 10.4. The second-order valence-corrected chi connectivity index (χ2v) is 6.46. The monoisotopic (exact) mass is 364 g/mol. The van der Waals surface area contributed by atoms with Crippen molar-refractivity contribution in [2.24, 2.45) is 0 Å². The Kier molecular flexibility index (Phi) is 8.65. The molecule has 1 saturated heterocycles. The molecule has 0 aromatic heterocycles. The lowest BCUT2D eigenvalue weighted by molar-refractivity contribution is -0.122. The zero-order valence-corrected chi connectivity index (χ0v) is 15.7. The summed E-state index contributed by atoms with van der Waals surface area (Å²) in [5.74, 6) is 0.0501. The molecule has 0 saturated carbocycles. The van der Waals surface area contributed by atoms with Gasteiger partial charge in [-0.1, -0.05) is 30.3 Å². The number of benzene rings is 1. The summed E-state index contributed by atoms with van der Waals surface area (Å²) in [6.45, 7) is 5.77. The summed E-state index contributed by atoms with van der Waals surface area (Å²) >= 11 is 5.49. The van der Waals surface area contributed by atoms with Gasteiger partial charge in [0.25, 0.3) is 0 Å². The van der Waals surface area contributed by atoms with Crippen LogP contribution in [0.25, 0.3) is 0 Å². The molecule has 0 atom stereocenters. The van der Waals surface area contributed by atoms with E-state index in [1.54, 1.807) is 7.11 Å². The smallest absolute Gasteiger partial charge is 0.234 e. The van der Waals surface area contributed by atoms with Crippen molar-refractivity contribution < 1.29 is 9.53 Å². The Morgan fingerprint density at radius 1 is 1.12 bits per heavy atom. The lowest BCUT2D eigenvalue weighted by Crippen LogP contribution is -2.53. The molecule has 138 valence electrons. The van der Waals surface area contributed by atoms with E-state index >= 15 is 0 Å². The zero-order chi connectivity index (χ0) is 17.9. The molecule has 1 aromatic rings. The maximum absolute atomic E-state index is 11.8. The summed E-state index contributed by atoms with van der Waals surface area (Å²) < 4.78 is 4.93. The Balaban J connectivity index is 1.60. The first-order valence-electron chi connectivity index (χ1n) is 8.73. The van der Waals surface area contributed by atoms with Crippen LogP contribution in [-0.2, 0) is 16.0 Å². The molecule has 25 heavy (non-hydrogen) atoms. The molecule has 1 amide bonds. The molecule has 7 heteroatoms. The van der Waals surface area contributed by atoms with Crippen LogP contribution in [0.4, 0.5) is 0 Å². The highest BCUT2D eigenvalue weighted by Crippen LogP contribution is 2.03. The van der Waals surface area contributed by atoms with Crippen LogP contribution in [0.1, 0.15) is 5.56 Å². The standard InChI is InChI=1S/C18H28N4O2S/c1-24-14-9-19-17(23)15-21-10-12-22(13-11-21)18(25)20-8-7-16-5-3-2-4-6-16/h2-6H,7-15H2,1H3,(H,19,23)(H,20,25). The number of hydrogen-bond donors (Lipinski definition) is 2. The SMILES string of the molecule is COCCNC(=O)CN1CCN(C(=S)NCCc2ccccc2)CC1. The number of amides is 1. The summed E-state index contributed by atoms with van der Waals surface area (Å²) in [4.78, 5) is 16.2. The molecular formula is C18H28N4O2S. The first-order valence-corrected chi connectivity index (χ1v) is 9.14. The number of rotatable bonds is 8. The Hall–Kier alpha value is -1.70. The summed E-state index contributed by atoms with van der Waals surface area (Å²) in [5, 5.41) is 6.99.